The summed E-state index contributed by atoms with van der Waals surface area (Å²) in [5, 5.41) is 5.94. The first-order chi connectivity index (χ1) is 13.6. The zero-order valence-corrected chi connectivity index (χ0v) is 15.8. The van der Waals surface area contributed by atoms with Crippen molar-refractivity contribution in [3.05, 3.63) is 59.7 Å². The molecule has 2 amide bonds. The van der Waals surface area contributed by atoms with Crippen LogP contribution in [0.3, 0.4) is 0 Å². The Morgan fingerprint density at radius 3 is 2.57 bits per heavy atom. The topological polar surface area (TPSA) is 101 Å². The minimum atomic E-state index is -0.291. The summed E-state index contributed by atoms with van der Waals surface area (Å²) in [7, 11) is 0. The lowest BCUT2D eigenvalue weighted by Gasteiger charge is -2.12. The normalized spacial score (nSPS) is 11.4. The van der Waals surface area contributed by atoms with Gasteiger partial charge in [-0.25, -0.2) is 0 Å². The molecule has 0 atom stereocenters. The quantitative estimate of drug-likeness (QED) is 0.427. The van der Waals surface area contributed by atoms with Crippen molar-refractivity contribution in [2.75, 3.05) is 13.3 Å². The van der Waals surface area contributed by atoms with E-state index in [1.165, 1.54) is 0 Å². The van der Waals surface area contributed by atoms with E-state index in [1.54, 1.807) is 24.3 Å². The highest BCUT2D eigenvalue weighted by Gasteiger charge is 2.13. The molecule has 8 nitrogen and oxygen atoms in total. The van der Waals surface area contributed by atoms with Crippen LogP contribution in [0.2, 0.25) is 0 Å². The van der Waals surface area contributed by atoms with Gasteiger partial charge in [0.25, 0.3) is 5.91 Å². The third-order valence-electron chi connectivity index (χ3n) is 3.88. The Morgan fingerprint density at radius 2 is 1.75 bits per heavy atom. The molecular formula is C19H20N4O4S. The Morgan fingerprint density at radius 1 is 0.964 bits per heavy atom. The number of hydrogen-bond acceptors (Lipinski definition) is 5. The van der Waals surface area contributed by atoms with Crippen LogP contribution in [0.15, 0.2) is 48.5 Å². The van der Waals surface area contributed by atoms with Crippen LogP contribution < -0.4 is 31.0 Å². The van der Waals surface area contributed by atoms with Crippen LogP contribution >= 0.6 is 12.2 Å². The first kappa shape index (κ1) is 19.4. The van der Waals surface area contributed by atoms with Crippen LogP contribution in [0.4, 0.5) is 0 Å². The molecule has 4 N–H and O–H groups in total. The third kappa shape index (κ3) is 5.58. The van der Waals surface area contributed by atoms with E-state index < -0.39 is 0 Å². The molecule has 9 heteroatoms. The van der Waals surface area contributed by atoms with E-state index in [-0.39, 0.29) is 36.7 Å². The second kappa shape index (κ2) is 9.56. The molecule has 28 heavy (non-hydrogen) atoms. The molecule has 0 fully saturated rings. The molecule has 1 aliphatic rings. The summed E-state index contributed by atoms with van der Waals surface area (Å²) in [6.07, 6.45) is 0.121. The Kier molecular flexibility index (Phi) is 6.64. The molecule has 0 radical (unpaired) electrons. The van der Waals surface area contributed by atoms with Gasteiger partial charge in [-0.15, -0.1) is 0 Å². The maximum Gasteiger partial charge on any atom is 0.251 e. The van der Waals surface area contributed by atoms with Gasteiger partial charge in [0, 0.05) is 25.1 Å². The van der Waals surface area contributed by atoms with Gasteiger partial charge in [-0.2, -0.15) is 0 Å². The van der Waals surface area contributed by atoms with Gasteiger partial charge in [0.2, 0.25) is 12.7 Å². The first-order valence-electron chi connectivity index (χ1n) is 8.66. The van der Waals surface area contributed by atoms with Crippen molar-refractivity contribution in [3.8, 4) is 11.5 Å². The fourth-order valence-corrected chi connectivity index (χ4v) is 2.57. The van der Waals surface area contributed by atoms with Gasteiger partial charge in [-0.1, -0.05) is 24.3 Å². The Balaban J connectivity index is 1.31. The van der Waals surface area contributed by atoms with Gasteiger partial charge in [-0.05, 0) is 42.0 Å². The van der Waals surface area contributed by atoms with Gasteiger partial charge in [0.05, 0.1) is 0 Å². The zero-order valence-electron chi connectivity index (χ0n) is 15.0. The summed E-state index contributed by atoms with van der Waals surface area (Å²) >= 11 is 5.13. The van der Waals surface area contributed by atoms with Crippen LogP contribution in [0.1, 0.15) is 22.3 Å². The fraction of sp³-hybridized carbons (Fsp3) is 0.211. The highest BCUT2D eigenvalue weighted by molar-refractivity contribution is 7.80. The highest BCUT2D eigenvalue weighted by atomic mass is 32.1. The molecule has 0 bridgehead atoms. The number of thiocarbonyl (C=S) groups is 1. The number of hydrogen-bond donors (Lipinski definition) is 4. The first-order valence-corrected chi connectivity index (χ1v) is 9.07. The molecule has 0 aromatic heterocycles. The second-order valence-corrected chi connectivity index (χ2v) is 6.32. The number of carbonyl (C=O) groups excluding carboxylic acids is 2. The zero-order chi connectivity index (χ0) is 19.8. The molecular weight excluding hydrogens is 380 g/mol. The lowest BCUT2D eigenvalue weighted by Crippen LogP contribution is -2.47. The van der Waals surface area contributed by atoms with Crippen molar-refractivity contribution in [2.24, 2.45) is 0 Å². The van der Waals surface area contributed by atoms with Crippen LogP contribution in [0, 0.1) is 0 Å². The number of ether oxygens (including phenoxy) is 2. The summed E-state index contributed by atoms with van der Waals surface area (Å²) in [5.74, 6) is 0.906. The van der Waals surface area contributed by atoms with Crippen molar-refractivity contribution in [2.45, 2.75) is 13.0 Å². The van der Waals surface area contributed by atoms with Gasteiger partial charge in [0.1, 0.15) is 0 Å². The largest absolute Gasteiger partial charge is 0.454 e. The van der Waals surface area contributed by atoms with E-state index >= 15 is 0 Å². The van der Waals surface area contributed by atoms with E-state index in [0.717, 1.165) is 11.3 Å². The van der Waals surface area contributed by atoms with Crippen LogP contribution in [-0.2, 0) is 11.3 Å². The monoisotopic (exact) mass is 400 g/mol. The van der Waals surface area contributed by atoms with E-state index in [4.69, 9.17) is 21.7 Å². The van der Waals surface area contributed by atoms with Crippen LogP contribution in [0.5, 0.6) is 11.5 Å². The predicted octanol–water partition coefficient (Wildman–Crippen LogP) is 1.23. The summed E-state index contributed by atoms with van der Waals surface area (Å²) in [6.45, 7) is 0.911. The van der Waals surface area contributed by atoms with E-state index in [0.29, 0.717) is 17.9 Å². The second-order valence-electron chi connectivity index (χ2n) is 5.92. The summed E-state index contributed by atoms with van der Waals surface area (Å²) < 4.78 is 10.6. The SMILES string of the molecule is O=C(CCNC(=O)c1ccccc1)NNC(=S)NCc1ccc2c(c1)OCO2. The van der Waals surface area contributed by atoms with E-state index in [2.05, 4.69) is 21.5 Å². The molecule has 0 aliphatic carbocycles. The van der Waals surface area contributed by atoms with Crippen LogP contribution in [-0.4, -0.2) is 30.3 Å². The average molecular weight is 400 g/mol. The Labute approximate surface area is 167 Å². The highest BCUT2D eigenvalue weighted by Crippen LogP contribution is 2.32. The average Bonchev–Trinajstić information content (AvgIpc) is 3.19. The Bertz CT molecular complexity index is 860. The Hall–Kier alpha value is -3.33. The third-order valence-corrected chi connectivity index (χ3v) is 4.13. The number of hydrazine groups is 1. The maximum absolute atomic E-state index is 11.9. The molecule has 0 spiro atoms. The molecule has 146 valence electrons. The molecule has 2 aromatic carbocycles. The number of rotatable bonds is 6. The molecule has 2 aromatic rings. The van der Waals surface area contributed by atoms with Crippen molar-refractivity contribution in [1.29, 1.82) is 0 Å². The molecule has 0 saturated carbocycles. The molecule has 0 saturated heterocycles. The van der Waals surface area contributed by atoms with Gasteiger partial charge < -0.3 is 20.1 Å². The number of amides is 2. The standard InChI is InChI=1S/C19H20N4O4S/c24-17(8-9-20-18(25)14-4-2-1-3-5-14)22-23-19(28)21-11-13-6-7-15-16(10-13)27-12-26-15/h1-7,10H,8-9,11-12H2,(H,20,25)(H,22,24)(H2,21,23,28). The van der Waals surface area contributed by atoms with Gasteiger partial charge in [-0.3, -0.25) is 20.4 Å². The van der Waals surface area contributed by atoms with Crippen molar-refractivity contribution >= 4 is 29.1 Å². The molecule has 0 unspecified atom stereocenters. The van der Waals surface area contributed by atoms with Crippen molar-refractivity contribution in [3.63, 3.8) is 0 Å². The number of nitrogens with one attached hydrogen (secondary N) is 4. The van der Waals surface area contributed by atoms with Gasteiger partial charge in [0.15, 0.2) is 16.6 Å². The summed E-state index contributed by atoms with van der Waals surface area (Å²) in [6, 6.07) is 14.4. The minimum absolute atomic E-state index is 0.121. The summed E-state index contributed by atoms with van der Waals surface area (Å²) in [5.41, 5.74) is 6.62. The summed E-state index contributed by atoms with van der Waals surface area (Å²) in [4.78, 5) is 23.7. The fourth-order valence-electron chi connectivity index (χ4n) is 2.45. The molecule has 1 aliphatic heterocycles. The van der Waals surface area contributed by atoms with E-state index in [1.807, 2.05) is 24.3 Å². The maximum atomic E-state index is 11.9. The molecule has 3 rings (SSSR count). The smallest absolute Gasteiger partial charge is 0.251 e. The number of carbonyl (C=O) groups is 2. The molecule has 1 heterocycles. The van der Waals surface area contributed by atoms with Crippen LogP contribution in [0.25, 0.3) is 0 Å². The lowest BCUT2D eigenvalue weighted by atomic mass is 10.2. The van der Waals surface area contributed by atoms with Gasteiger partial charge >= 0.3 is 0 Å². The number of fused-ring (bicyclic) bond motifs is 1. The predicted molar refractivity (Wildman–Crippen MR) is 107 cm³/mol. The van der Waals surface area contributed by atoms with Crippen molar-refractivity contribution < 1.29 is 19.1 Å². The minimum Gasteiger partial charge on any atom is -0.454 e. The lowest BCUT2D eigenvalue weighted by molar-refractivity contribution is -0.121. The van der Waals surface area contributed by atoms with E-state index in [9.17, 15) is 9.59 Å². The number of benzene rings is 2. The van der Waals surface area contributed by atoms with Crippen molar-refractivity contribution in [1.82, 2.24) is 21.5 Å².